The van der Waals surface area contributed by atoms with Crippen LogP contribution in [0.4, 0.5) is 0 Å². The van der Waals surface area contributed by atoms with Gasteiger partial charge in [-0.05, 0) is 55.8 Å². The second-order valence-corrected chi connectivity index (χ2v) is 11.1. The van der Waals surface area contributed by atoms with Crippen molar-refractivity contribution in [2.24, 2.45) is 35.5 Å². The molecule has 0 aromatic rings. The zero-order valence-corrected chi connectivity index (χ0v) is 23.8. The van der Waals surface area contributed by atoms with Gasteiger partial charge in [-0.2, -0.15) is 0 Å². The standard InChI is InChI=1S/C22H42BO5P.Y/c1-13(2)10-18-15(5)17(7)27-20(18)8-9-25-29(24)26-12-19-16(6)22(23)28-21(19)11-14(3)4;/h13-22,29H,8-12H2,1-7H3;/t15-,16+,17+,18?,19?,20-,21-,22-;/m1./s1. The summed E-state index contributed by atoms with van der Waals surface area (Å²) in [7, 11) is 3.54. The molecule has 30 heavy (non-hydrogen) atoms. The van der Waals surface area contributed by atoms with Gasteiger partial charge in [0, 0.05) is 44.6 Å². The molecule has 0 bridgehead atoms. The smallest absolute Gasteiger partial charge is 0.319 e. The van der Waals surface area contributed by atoms with Crippen LogP contribution < -0.4 is 0 Å². The molecule has 0 saturated carbocycles. The maximum Gasteiger partial charge on any atom is 0.319 e. The summed E-state index contributed by atoms with van der Waals surface area (Å²) < 4.78 is 35.5. The van der Waals surface area contributed by atoms with Gasteiger partial charge in [-0.3, -0.25) is 4.57 Å². The Labute approximate surface area is 211 Å². The van der Waals surface area contributed by atoms with Gasteiger partial charge in [0.05, 0.1) is 31.5 Å². The van der Waals surface area contributed by atoms with Crippen LogP contribution in [-0.4, -0.2) is 45.4 Å². The number of hydrogen-bond donors (Lipinski definition) is 0. The minimum atomic E-state index is -2.53. The molecule has 0 amide bonds. The molecule has 2 aliphatic heterocycles. The second-order valence-electron chi connectivity index (χ2n) is 10.0. The Morgan fingerprint density at radius 3 is 2.13 bits per heavy atom. The van der Waals surface area contributed by atoms with E-state index in [4.69, 9.17) is 26.4 Å². The van der Waals surface area contributed by atoms with E-state index < -0.39 is 8.25 Å². The molecule has 2 heterocycles. The van der Waals surface area contributed by atoms with Gasteiger partial charge in [-0.1, -0.05) is 41.5 Å². The molecular weight excluding hydrogens is 475 g/mol. The van der Waals surface area contributed by atoms with Gasteiger partial charge in [0.2, 0.25) is 0 Å². The molecule has 0 aromatic heterocycles. The molecule has 0 spiro atoms. The van der Waals surface area contributed by atoms with Crippen molar-refractivity contribution in [1.29, 1.82) is 0 Å². The Morgan fingerprint density at radius 2 is 1.53 bits per heavy atom. The molecule has 8 heteroatoms. The van der Waals surface area contributed by atoms with E-state index in [1.807, 2.05) is 0 Å². The topological polar surface area (TPSA) is 54.0 Å². The van der Waals surface area contributed by atoms with E-state index in [2.05, 4.69) is 48.5 Å². The Kier molecular flexibility index (Phi) is 13.5. The maximum absolute atomic E-state index is 12.3. The molecule has 2 saturated heterocycles. The summed E-state index contributed by atoms with van der Waals surface area (Å²) in [6.45, 7) is 16.1. The molecular formula is C22H42BO5PY. The fraction of sp³-hybridized carbons (Fsp3) is 1.00. The van der Waals surface area contributed by atoms with Crippen molar-refractivity contribution >= 4 is 16.1 Å². The first-order valence-electron chi connectivity index (χ1n) is 11.5. The molecule has 3 radical (unpaired) electrons. The van der Waals surface area contributed by atoms with Gasteiger partial charge >= 0.3 is 8.25 Å². The quantitative estimate of drug-likeness (QED) is 0.283. The van der Waals surface area contributed by atoms with Crippen molar-refractivity contribution in [3.05, 3.63) is 0 Å². The van der Waals surface area contributed by atoms with Gasteiger partial charge in [-0.15, -0.1) is 0 Å². The van der Waals surface area contributed by atoms with Crippen molar-refractivity contribution in [1.82, 2.24) is 0 Å². The van der Waals surface area contributed by atoms with Crippen LogP contribution in [-0.2, 0) is 55.8 Å². The first-order chi connectivity index (χ1) is 13.6. The Hall–Kier alpha value is 1.24. The fourth-order valence-electron chi connectivity index (χ4n) is 4.81. The average Bonchev–Trinajstić information content (AvgIpc) is 3.03. The summed E-state index contributed by atoms with van der Waals surface area (Å²) in [6, 6.07) is -0.281. The van der Waals surface area contributed by atoms with Crippen LogP contribution in [0.5, 0.6) is 0 Å². The summed E-state index contributed by atoms with van der Waals surface area (Å²) in [5.74, 6) is 2.57. The minimum Gasteiger partial charge on any atom is -0.384 e. The number of rotatable bonds is 11. The van der Waals surface area contributed by atoms with Gasteiger partial charge in [0.25, 0.3) is 0 Å². The number of hydrogen-bond acceptors (Lipinski definition) is 5. The zero-order valence-electron chi connectivity index (χ0n) is 20.0. The normalized spacial score (nSPS) is 37.6. The van der Waals surface area contributed by atoms with Crippen LogP contribution >= 0.6 is 8.25 Å². The molecule has 171 valence electrons. The number of ether oxygens (including phenoxy) is 2. The van der Waals surface area contributed by atoms with E-state index in [0.29, 0.717) is 36.9 Å². The van der Waals surface area contributed by atoms with Gasteiger partial charge in [0.15, 0.2) is 0 Å². The van der Waals surface area contributed by atoms with Crippen LogP contribution in [0.2, 0.25) is 0 Å². The van der Waals surface area contributed by atoms with Gasteiger partial charge in [-0.25, -0.2) is 0 Å². The van der Waals surface area contributed by atoms with Crippen LogP contribution in [0, 0.1) is 35.5 Å². The third kappa shape index (κ3) is 8.54. The minimum absolute atomic E-state index is 0. The summed E-state index contributed by atoms with van der Waals surface area (Å²) in [4.78, 5) is 0. The molecule has 5 nitrogen and oxygen atoms in total. The SMILES string of the molecule is [B][C@@H]1O[C@H](CC(C)C)C(CO[PH](=O)OCC[C@H]2O[C@@H](C)[C@@H](C)C2CC(C)C)[C@@H]1C.[Y]. The van der Waals surface area contributed by atoms with Crippen molar-refractivity contribution in [2.75, 3.05) is 13.2 Å². The maximum atomic E-state index is 12.3. The molecule has 3 unspecified atom stereocenters. The average molecular weight is 517 g/mol. The predicted molar refractivity (Wildman–Crippen MR) is 118 cm³/mol. The van der Waals surface area contributed by atoms with E-state index in [1.165, 1.54) is 0 Å². The molecule has 9 atom stereocenters. The predicted octanol–water partition coefficient (Wildman–Crippen LogP) is 5.07. The Morgan fingerprint density at radius 1 is 0.900 bits per heavy atom. The molecule has 2 fully saturated rings. The van der Waals surface area contributed by atoms with E-state index in [-0.39, 0.29) is 68.9 Å². The van der Waals surface area contributed by atoms with Crippen molar-refractivity contribution in [3.63, 3.8) is 0 Å². The summed E-state index contributed by atoms with van der Waals surface area (Å²) >= 11 is 0. The zero-order chi connectivity index (χ0) is 21.7. The molecule has 2 rings (SSSR count). The fourth-order valence-corrected chi connectivity index (χ4v) is 5.50. The second kappa shape index (κ2) is 13.8. The third-order valence-electron chi connectivity index (χ3n) is 6.75. The van der Waals surface area contributed by atoms with Crippen molar-refractivity contribution in [3.8, 4) is 0 Å². The van der Waals surface area contributed by atoms with Gasteiger partial charge < -0.3 is 18.5 Å². The van der Waals surface area contributed by atoms with Crippen LogP contribution in [0.25, 0.3) is 0 Å². The van der Waals surface area contributed by atoms with Crippen molar-refractivity contribution < 1.29 is 55.8 Å². The molecule has 2 aliphatic rings. The van der Waals surface area contributed by atoms with Crippen molar-refractivity contribution in [2.45, 2.75) is 92.0 Å². The largest absolute Gasteiger partial charge is 0.384 e. The third-order valence-corrected chi connectivity index (χ3v) is 7.59. The van der Waals surface area contributed by atoms with E-state index in [9.17, 15) is 4.57 Å². The molecule has 0 aromatic carbocycles. The van der Waals surface area contributed by atoms with E-state index in [1.54, 1.807) is 0 Å². The van der Waals surface area contributed by atoms with Crippen LogP contribution in [0.1, 0.15) is 67.7 Å². The molecule has 0 N–H and O–H groups in total. The summed E-state index contributed by atoms with van der Waals surface area (Å²) in [5, 5.41) is 0. The first-order valence-corrected chi connectivity index (χ1v) is 12.7. The summed E-state index contributed by atoms with van der Waals surface area (Å²) in [6.07, 6.45) is 3.34. The van der Waals surface area contributed by atoms with Crippen LogP contribution in [0.15, 0.2) is 0 Å². The Balaban J connectivity index is 0.00000450. The molecule has 0 aliphatic carbocycles. The van der Waals surface area contributed by atoms with Crippen LogP contribution in [0.3, 0.4) is 0 Å². The van der Waals surface area contributed by atoms with E-state index >= 15 is 0 Å². The Bertz CT molecular complexity index is 522. The first kappa shape index (κ1) is 29.3. The summed E-state index contributed by atoms with van der Waals surface area (Å²) in [5.41, 5.74) is 0. The van der Waals surface area contributed by atoms with Gasteiger partial charge in [0.1, 0.15) is 7.85 Å². The monoisotopic (exact) mass is 517 g/mol. The van der Waals surface area contributed by atoms with E-state index in [0.717, 1.165) is 19.3 Å².